The molecule has 0 spiro atoms. The summed E-state index contributed by atoms with van der Waals surface area (Å²) in [5.74, 6) is 2.12. The van der Waals surface area contributed by atoms with E-state index >= 15 is 0 Å². The summed E-state index contributed by atoms with van der Waals surface area (Å²) >= 11 is 0. The van der Waals surface area contributed by atoms with E-state index in [2.05, 4.69) is 66.3 Å². The molecule has 3 aromatic rings. The van der Waals surface area contributed by atoms with Gasteiger partial charge in [0.25, 0.3) is 0 Å². The second-order valence-electron chi connectivity index (χ2n) is 7.42. The lowest BCUT2D eigenvalue weighted by atomic mass is 10.0. The van der Waals surface area contributed by atoms with Gasteiger partial charge < -0.3 is 9.80 Å². The number of fused-ring (bicyclic) bond motifs is 1. The topological polar surface area (TPSA) is 48.4 Å². The van der Waals surface area contributed by atoms with Gasteiger partial charge in [0.1, 0.15) is 5.82 Å². The van der Waals surface area contributed by atoms with Gasteiger partial charge in [-0.15, -0.1) is 5.10 Å². The Bertz CT molecular complexity index is 930. The molecule has 6 heteroatoms. The van der Waals surface area contributed by atoms with Gasteiger partial charge in [0, 0.05) is 62.3 Å². The van der Waals surface area contributed by atoms with Gasteiger partial charge >= 0.3 is 0 Å². The second-order valence-corrected chi connectivity index (χ2v) is 7.42. The average molecular weight is 360 g/mol. The van der Waals surface area contributed by atoms with Crippen LogP contribution in [0.25, 0.3) is 10.8 Å². The number of aromatic nitrogens is 3. The van der Waals surface area contributed by atoms with Crippen molar-refractivity contribution in [3.63, 3.8) is 0 Å². The first-order valence-electron chi connectivity index (χ1n) is 9.66. The predicted molar refractivity (Wildman–Crippen MR) is 108 cm³/mol. The minimum absolute atomic E-state index is 0.609. The van der Waals surface area contributed by atoms with E-state index in [9.17, 15) is 0 Å². The quantitative estimate of drug-likeness (QED) is 0.715. The molecule has 2 saturated heterocycles. The summed E-state index contributed by atoms with van der Waals surface area (Å²) in [7, 11) is 0. The van der Waals surface area contributed by atoms with Crippen molar-refractivity contribution in [1.29, 1.82) is 0 Å². The maximum Gasteiger partial charge on any atom is 0.159 e. The van der Waals surface area contributed by atoms with Crippen LogP contribution in [0.15, 0.2) is 48.7 Å². The Balaban J connectivity index is 1.23. The number of anilines is 2. The monoisotopic (exact) mass is 360 g/mol. The number of piperazine rings is 1. The van der Waals surface area contributed by atoms with Crippen molar-refractivity contribution in [2.75, 3.05) is 49.1 Å². The number of aryl methyl sites for hydroxylation is 1. The van der Waals surface area contributed by atoms with E-state index in [0.717, 1.165) is 56.6 Å². The predicted octanol–water partition coefficient (Wildman–Crippen LogP) is 2.34. The van der Waals surface area contributed by atoms with Gasteiger partial charge in [0.2, 0.25) is 0 Å². The molecule has 0 radical (unpaired) electrons. The molecule has 5 rings (SSSR count). The van der Waals surface area contributed by atoms with Crippen LogP contribution in [0.3, 0.4) is 0 Å². The number of rotatable bonds is 3. The van der Waals surface area contributed by atoms with Crippen LogP contribution in [0, 0.1) is 6.92 Å². The number of hydrogen-bond acceptors (Lipinski definition) is 6. The summed E-state index contributed by atoms with van der Waals surface area (Å²) in [6, 6.07) is 15.2. The molecule has 27 heavy (non-hydrogen) atoms. The fourth-order valence-corrected chi connectivity index (χ4v) is 4.17. The zero-order valence-electron chi connectivity index (χ0n) is 15.6. The lowest BCUT2D eigenvalue weighted by Gasteiger charge is -2.48. The molecule has 138 valence electrons. The fraction of sp³-hybridized carbons (Fsp3) is 0.381. The van der Waals surface area contributed by atoms with Gasteiger partial charge in [-0.05, 0) is 19.1 Å². The molecule has 2 aliphatic rings. The van der Waals surface area contributed by atoms with E-state index in [0.29, 0.717) is 6.04 Å². The minimum Gasteiger partial charge on any atom is -0.354 e. The maximum absolute atomic E-state index is 4.50. The number of benzene rings is 1. The van der Waals surface area contributed by atoms with Crippen LogP contribution in [0.4, 0.5) is 11.6 Å². The van der Waals surface area contributed by atoms with Crippen molar-refractivity contribution in [2.45, 2.75) is 13.0 Å². The molecule has 2 aliphatic heterocycles. The van der Waals surface area contributed by atoms with Crippen LogP contribution in [0.2, 0.25) is 0 Å². The number of hydrogen-bond donors (Lipinski definition) is 0. The van der Waals surface area contributed by atoms with Gasteiger partial charge in [-0.3, -0.25) is 4.90 Å². The Labute approximate surface area is 159 Å². The molecule has 6 nitrogen and oxygen atoms in total. The molecular weight excluding hydrogens is 336 g/mol. The summed E-state index contributed by atoms with van der Waals surface area (Å²) in [5, 5.41) is 11.3. The highest BCUT2D eigenvalue weighted by Crippen LogP contribution is 2.30. The Morgan fingerprint density at radius 2 is 1.56 bits per heavy atom. The molecule has 0 aliphatic carbocycles. The van der Waals surface area contributed by atoms with Gasteiger partial charge in [-0.25, -0.2) is 4.98 Å². The van der Waals surface area contributed by atoms with Crippen LogP contribution in [-0.2, 0) is 0 Å². The Morgan fingerprint density at radius 1 is 0.815 bits per heavy atom. The third-order valence-corrected chi connectivity index (χ3v) is 5.82. The summed E-state index contributed by atoms with van der Waals surface area (Å²) in [6.45, 7) is 8.36. The van der Waals surface area contributed by atoms with Crippen LogP contribution < -0.4 is 9.80 Å². The Morgan fingerprint density at radius 3 is 2.30 bits per heavy atom. The molecule has 0 unspecified atom stereocenters. The Hall–Kier alpha value is -2.73. The summed E-state index contributed by atoms with van der Waals surface area (Å²) in [4.78, 5) is 11.8. The highest BCUT2D eigenvalue weighted by atomic mass is 15.4. The third-order valence-electron chi connectivity index (χ3n) is 5.82. The zero-order valence-corrected chi connectivity index (χ0v) is 15.6. The summed E-state index contributed by atoms with van der Waals surface area (Å²) in [5.41, 5.74) is 0.997. The molecule has 0 saturated carbocycles. The first kappa shape index (κ1) is 16.4. The zero-order chi connectivity index (χ0) is 18.2. The summed E-state index contributed by atoms with van der Waals surface area (Å²) in [6.07, 6.45) is 1.87. The van der Waals surface area contributed by atoms with Gasteiger partial charge in [-0.1, -0.05) is 30.3 Å². The molecule has 0 atom stereocenters. The molecule has 0 amide bonds. The van der Waals surface area contributed by atoms with E-state index < -0.39 is 0 Å². The molecule has 2 aromatic heterocycles. The molecule has 2 fully saturated rings. The third kappa shape index (κ3) is 3.00. The standard InChI is InChI=1S/C21H24N6/c1-16-18-6-2-3-7-19(18)21(24-23-16)27-14-17(15-27)25-10-12-26(13-11-25)20-8-4-5-9-22-20/h2-9,17H,10-15H2,1H3. The van der Waals surface area contributed by atoms with E-state index in [1.807, 2.05) is 19.2 Å². The SMILES string of the molecule is Cc1nnc(N2CC(N3CCN(c4ccccn4)CC3)C2)c2ccccc12. The van der Waals surface area contributed by atoms with Crippen molar-refractivity contribution in [1.82, 2.24) is 20.1 Å². The highest BCUT2D eigenvalue weighted by molar-refractivity contribution is 5.93. The molecular formula is C21H24N6. The van der Waals surface area contributed by atoms with Crippen molar-refractivity contribution in [2.24, 2.45) is 0 Å². The van der Waals surface area contributed by atoms with Gasteiger partial charge in [0.05, 0.1) is 5.69 Å². The smallest absolute Gasteiger partial charge is 0.159 e. The van der Waals surface area contributed by atoms with E-state index in [-0.39, 0.29) is 0 Å². The van der Waals surface area contributed by atoms with E-state index in [4.69, 9.17) is 0 Å². The fourth-order valence-electron chi connectivity index (χ4n) is 4.17. The number of nitrogens with zero attached hydrogens (tertiary/aromatic N) is 6. The molecule has 0 N–H and O–H groups in total. The van der Waals surface area contributed by atoms with Crippen molar-refractivity contribution in [3.8, 4) is 0 Å². The first-order valence-corrected chi connectivity index (χ1v) is 9.66. The van der Waals surface area contributed by atoms with Gasteiger partial charge in [-0.2, -0.15) is 5.10 Å². The molecule has 1 aromatic carbocycles. The number of pyridine rings is 1. The minimum atomic E-state index is 0.609. The second kappa shape index (κ2) is 6.78. The van der Waals surface area contributed by atoms with Gasteiger partial charge in [0.15, 0.2) is 5.82 Å². The van der Waals surface area contributed by atoms with Crippen LogP contribution in [0.1, 0.15) is 5.69 Å². The van der Waals surface area contributed by atoms with Crippen molar-refractivity contribution < 1.29 is 0 Å². The molecule has 4 heterocycles. The lowest BCUT2D eigenvalue weighted by Crippen LogP contribution is -2.63. The van der Waals surface area contributed by atoms with Crippen molar-refractivity contribution >= 4 is 22.4 Å². The first-order chi connectivity index (χ1) is 13.3. The van der Waals surface area contributed by atoms with E-state index in [1.54, 1.807) is 0 Å². The summed E-state index contributed by atoms with van der Waals surface area (Å²) < 4.78 is 0. The van der Waals surface area contributed by atoms with Crippen molar-refractivity contribution in [3.05, 3.63) is 54.4 Å². The van der Waals surface area contributed by atoms with Crippen LogP contribution in [-0.4, -0.2) is 65.4 Å². The maximum atomic E-state index is 4.50. The highest BCUT2D eigenvalue weighted by Gasteiger charge is 2.35. The molecule has 0 bridgehead atoms. The van der Waals surface area contributed by atoms with E-state index in [1.165, 1.54) is 10.8 Å². The Kier molecular flexibility index (Phi) is 4.13. The lowest BCUT2D eigenvalue weighted by molar-refractivity contribution is 0.156. The average Bonchev–Trinajstić information content (AvgIpc) is 2.70. The largest absolute Gasteiger partial charge is 0.354 e. The van der Waals surface area contributed by atoms with Crippen LogP contribution in [0.5, 0.6) is 0 Å². The normalized spacial score (nSPS) is 18.7. The van der Waals surface area contributed by atoms with Crippen LogP contribution >= 0.6 is 0 Å².